The molecule has 0 aliphatic heterocycles. The third-order valence-electron chi connectivity index (χ3n) is 1.68. The van der Waals surface area contributed by atoms with Gasteiger partial charge in [0, 0.05) is 11.6 Å². The molecule has 1 rings (SSSR count). The van der Waals surface area contributed by atoms with Gasteiger partial charge in [0.2, 0.25) is 0 Å². The lowest BCUT2D eigenvalue weighted by molar-refractivity contribution is -0.384. The van der Waals surface area contributed by atoms with Crippen LogP contribution in [0.3, 0.4) is 0 Å². The molecule has 0 spiro atoms. The molecular formula is C8H5ClFNO4. The molecule has 80 valence electrons. The highest BCUT2D eigenvalue weighted by Crippen LogP contribution is 2.29. The zero-order valence-electron chi connectivity index (χ0n) is 7.24. The number of nitro benzene ring substituents is 1. The van der Waals surface area contributed by atoms with Crippen LogP contribution in [0, 0.1) is 15.9 Å². The molecule has 7 heteroatoms. The number of hydrogen-bond donors (Lipinski definition) is 1. The lowest BCUT2D eigenvalue weighted by Gasteiger charge is -2.02. The molecule has 1 N–H and O–H groups in total. The molecule has 0 saturated heterocycles. The van der Waals surface area contributed by atoms with E-state index < -0.39 is 33.8 Å². The van der Waals surface area contributed by atoms with Crippen molar-refractivity contribution in [2.75, 3.05) is 0 Å². The van der Waals surface area contributed by atoms with Gasteiger partial charge < -0.3 is 5.11 Å². The third kappa shape index (κ3) is 2.41. The molecule has 0 heterocycles. The Kier molecular flexibility index (Phi) is 3.21. The normalized spacial score (nSPS) is 10.0. The molecule has 0 amide bonds. The van der Waals surface area contributed by atoms with Crippen molar-refractivity contribution < 1.29 is 19.2 Å². The fraction of sp³-hybridized carbons (Fsp3) is 0.125. The summed E-state index contributed by atoms with van der Waals surface area (Å²) in [5.41, 5.74) is -0.763. The molecule has 15 heavy (non-hydrogen) atoms. The van der Waals surface area contributed by atoms with Crippen molar-refractivity contribution in [2.24, 2.45) is 0 Å². The topological polar surface area (TPSA) is 80.4 Å². The number of nitrogens with zero attached hydrogens (tertiary/aromatic N) is 1. The molecule has 1 aromatic rings. The monoisotopic (exact) mass is 233 g/mol. The number of benzene rings is 1. The zero-order chi connectivity index (χ0) is 11.6. The molecule has 5 nitrogen and oxygen atoms in total. The fourth-order valence-corrected chi connectivity index (χ4v) is 1.27. The molecule has 0 saturated carbocycles. The molecule has 0 radical (unpaired) electrons. The Morgan fingerprint density at radius 1 is 1.60 bits per heavy atom. The molecular weight excluding hydrogens is 229 g/mol. The second-order valence-corrected chi connectivity index (χ2v) is 3.08. The number of carboxylic acids is 1. The largest absolute Gasteiger partial charge is 0.481 e. The maximum Gasteiger partial charge on any atom is 0.307 e. The first-order valence-corrected chi connectivity index (χ1v) is 4.14. The summed E-state index contributed by atoms with van der Waals surface area (Å²) in [5, 5.41) is 18.1. The fourth-order valence-electron chi connectivity index (χ4n) is 1.02. The summed E-state index contributed by atoms with van der Waals surface area (Å²) in [6.07, 6.45) is -0.566. The van der Waals surface area contributed by atoms with Gasteiger partial charge in [-0.2, -0.15) is 0 Å². The van der Waals surface area contributed by atoms with Crippen LogP contribution in [0.25, 0.3) is 0 Å². The lowest BCUT2D eigenvalue weighted by Crippen LogP contribution is -2.03. The summed E-state index contributed by atoms with van der Waals surface area (Å²) in [6.45, 7) is 0. The highest BCUT2D eigenvalue weighted by atomic mass is 35.5. The van der Waals surface area contributed by atoms with E-state index in [1.807, 2.05) is 0 Å². The van der Waals surface area contributed by atoms with E-state index in [2.05, 4.69) is 0 Å². The Bertz CT molecular complexity index is 435. The van der Waals surface area contributed by atoms with Gasteiger partial charge in [-0.05, 0) is 6.07 Å². The van der Waals surface area contributed by atoms with Gasteiger partial charge in [0.15, 0.2) is 10.8 Å². The third-order valence-corrected chi connectivity index (χ3v) is 2.04. The quantitative estimate of drug-likeness (QED) is 0.640. The standard InChI is InChI=1S/C8H5ClFNO4/c9-7-5(11(14)15)2-1-4(8(7)10)3-6(12)13/h1-2H,3H2,(H,12,13). The summed E-state index contributed by atoms with van der Waals surface area (Å²) in [7, 11) is 0. The average molecular weight is 234 g/mol. The van der Waals surface area contributed by atoms with E-state index in [4.69, 9.17) is 16.7 Å². The van der Waals surface area contributed by atoms with E-state index in [1.54, 1.807) is 0 Å². The van der Waals surface area contributed by atoms with E-state index in [0.717, 1.165) is 12.1 Å². The van der Waals surface area contributed by atoms with Gasteiger partial charge in [-0.25, -0.2) is 4.39 Å². The maximum atomic E-state index is 13.3. The molecule has 0 bridgehead atoms. The summed E-state index contributed by atoms with van der Waals surface area (Å²) >= 11 is 5.37. The van der Waals surface area contributed by atoms with Crippen LogP contribution < -0.4 is 0 Å². The van der Waals surface area contributed by atoms with Crippen LogP contribution in [0.15, 0.2) is 12.1 Å². The first kappa shape index (κ1) is 11.4. The van der Waals surface area contributed by atoms with Crippen molar-refractivity contribution in [2.45, 2.75) is 6.42 Å². The van der Waals surface area contributed by atoms with Crippen molar-refractivity contribution >= 4 is 23.3 Å². The number of nitro groups is 1. The Labute approximate surface area is 88.2 Å². The maximum absolute atomic E-state index is 13.3. The lowest BCUT2D eigenvalue weighted by atomic mass is 10.1. The number of aliphatic carboxylic acids is 1. The van der Waals surface area contributed by atoms with Crippen LogP contribution in [-0.4, -0.2) is 16.0 Å². The predicted molar refractivity (Wildman–Crippen MR) is 49.4 cm³/mol. The van der Waals surface area contributed by atoms with Gasteiger partial charge in [0.1, 0.15) is 0 Å². The average Bonchev–Trinajstić information content (AvgIpc) is 2.12. The van der Waals surface area contributed by atoms with Gasteiger partial charge >= 0.3 is 5.97 Å². The van der Waals surface area contributed by atoms with Crippen molar-refractivity contribution in [3.63, 3.8) is 0 Å². The van der Waals surface area contributed by atoms with Crippen molar-refractivity contribution in [3.8, 4) is 0 Å². The van der Waals surface area contributed by atoms with Crippen LogP contribution in [0.4, 0.5) is 10.1 Å². The van der Waals surface area contributed by atoms with Gasteiger partial charge in [0.25, 0.3) is 5.69 Å². The zero-order valence-corrected chi connectivity index (χ0v) is 7.99. The Morgan fingerprint density at radius 2 is 2.20 bits per heavy atom. The van der Waals surface area contributed by atoms with Gasteiger partial charge in [-0.3, -0.25) is 14.9 Å². The highest BCUT2D eigenvalue weighted by molar-refractivity contribution is 6.32. The Morgan fingerprint density at radius 3 is 2.67 bits per heavy atom. The molecule has 0 atom stereocenters. The van der Waals surface area contributed by atoms with E-state index in [1.165, 1.54) is 0 Å². The van der Waals surface area contributed by atoms with E-state index in [0.29, 0.717) is 0 Å². The van der Waals surface area contributed by atoms with Crippen LogP contribution in [0.1, 0.15) is 5.56 Å². The number of hydrogen-bond acceptors (Lipinski definition) is 3. The van der Waals surface area contributed by atoms with Gasteiger partial charge in [-0.15, -0.1) is 0 Å². The van der Waals surface area contributed by atoms with E-state index in [-0.39, 0.29) is 5.56 Å². The van der Waals surface area contributed by atoms with Crippen LogP contribution >= 0.6 is 11.6 Å². The van der Waals surface area contributed by atoms with Crippen LogP contribution in [0.2, 0.25) is 5.02 Å². The van der Waals surface area contributed by atoms with Crippen LogP contribution in [-0.2, 0) is 11.2 Å². The number of carbonyl (C=O) groups is 1. The predicted octanol–water partition coefficient (Wildman–Crippen LogP) is 2.01. The minimum atomic E-state index is -1.24. The second kappa shape index (κ2) is 4.22. The SMILES string of the molecule is O=C(O)Cc1ccc([N+](=O)[O-])c(Cl)c1F. The number of halogens is 2. The Hall–Kier alpha value is -1.69. The summed E-state index contributed by atoms with van der Waals surface area (Å²) in [6, 6.07) is 2.01. The minimum absolute atomic E-state index is 0.182. The Balaban J connectivity index is 3.21. The second-order valence-electron chi connectivity index (χ2n) is 2.70. The van der Waals surface area contributed by atoms with Crippen molar-refractivity contribution in [3.05, 3.63) is 38.7 Å². The summed E-state index contributed by atoms with van der Waals surface area (Å²) < 4.78 is 13.3. The number of rotatable bonds is 3. The van der Waals surface area contributed by atoms with Gasteiger partial charge in [-0.1, -0.05) is 11.6 Å². The summed E-state index contributed by atoms with van der Waals surface area (Å²) in [5.74, 6) is -2.30. The molecule has 0 fully saturated rings. The molecule has 1 aromatic carbocycles. The molecule has 0 unspecified atom stereocenters. The molecule has 0 aromatic heterocycles. The smallest absolute Gasteiger partial charge is 0.307 e. The molecule has 0 aliphatic rings. The molecule has 0 aliphatic carbocycles. The van der Waals surface area contributed by atoms with E-state index >= 15 is 0 Å². The van der Waals surface area contributed by atoms with Crippen LogP contribution in [0.5, 0.6) is 0 Å². The van der Waals surface area contributed by atoms with Crippen molar-refractivity contribution in [1.29, 1.82) is 0 Å². The summed E-state index contributed by atoms with van der Waals surface area (Å²) in [4.78, 5) is 19.8. The first-order valence-electron chi connectivity index (χ1n) is 3.76. The first-order chi connectivity index (χ1) is 6.93. The van der Waals surface area contributed by atoms with E-state index in [9.17, 15) is 19.3 Å². The highest BCUT2D eigenvalue weighted by Gasteiger charge is 2.20. The minimum Gasteiger partial charge on any atom is -0.481 e. The van der Waals surface area contributed by atoms with Gasteiger partial charge in [0.05, 0.1) is 11.3 Å². The van der Waals surface area contributed by atoms with Crippen molar-refractivity contribution in [1.82, 2.24) is 0 Å². The number of carboxylic acid groups (broad SMARTS) is 1.